The first-order valence-electron chi connectivity index (χ1n) is 6.77. The average molecular weight is 274 g/mol. The molecule has 4 nitrogen and oxygen atoms in total. The molecule has 1 aromatic carbocycles. The van der Waals surface area contributed by atoms with Crippen LogP contribution in [0.15, 0.2) is 24.4 Å². The first-order chi connectivity index (χ1) is 9.65. The zero-order chi connectivity index (χ0) is 14.1. The van der Waals surface area contributed by atoms with Crippen LogP contribution in [0.5, 0.6) is 0 Å². The van der Waals surface area contributed by atoms with Crippen LogP contribution in [0.3, 0.4) is 0 Å². The Kier molecular flexibility index (Phi) is 3.26. The van der Waals surface area contributed by atoms with Crippen molar-refractivity contribution < 1.29 is 14.0 Å². The summed E-state index contributed by atoms with van der Waals surface area (Å²) in [7, 11) is 0. The predicted molar refractivity (Wildman–Crippen MR) is 73.0 cm³/mol. The van der Waals surface area contributed by atoms with E-state index >= 15 is 0 Å². The maximum Gasteiger partial charge on any atom is 0.292 e. The van der Waals surface area contributed by atoms with Crippen molar-refractivity contribution in [3.05, 3.63) is 35.8 Å². The van der Waals surface area contributed by atoms with Gasteiger partial charge in [-0.15, -0.1) is 0 Å². The molecule has 2 N–H and O–H groups in total. The zero-order valence-electron chi connectivity index (χ0n) is 10.9. The molecule has 1 aliphatic rings. The number of nitrogens with one attached hydrogen (secondary N) is 2. The number of aromatic amines is 1. The molecule has 0 saturated heterocycles. The van der Waals surface area contributed by atoms with E-state index in [9.17, 15) is 14.0 Å². The first-order valence-corrected chi connectivity index (χ1v) is 6.77. The van der Waals surface area contributed by atoms with Crippen molar-refractivity contribution in [1.82, 2.24) is 10.3 Å². The van der Waals surface area contributed by atoms with Gasteiger partial charge in [0.1, 0.15) is 5.82 Å². The second-order valence-electron chi connectivity index (χ2n) is 5.18. The SMILES string of the molecule is O=C(NC1CCCC1)C(=O)c1c[nH]c2ccc(F)cc12. The lowest BCUT2D eigenvalue weighted by Crippen LogP contribution is -2.37. The Balaban J connectivity index is 1.84. The maximum absolute atomic E-state index is 13.3. The molecule has 1 amide bonds. The molecule has 0 bridgehead atoms. The Morgan fingerprint density at radius 1 is 1.25 bits per heavy atom. The minimum absolute atomic E-state index is 0.0911. The number of hydrogen-bond acceptors (Lipinski definition) is 2. The van der Waals surface area contributed by atoms with Crippen LogP contribution in [0.25, 0.3) is 10.9 Å². The van der Waals surface area contributed by atoms with E-state index in [1.807, 2.05) is 0 Å². The third kappa shape index (κ3) is 2.31. The van der Waals surface area contributed by atoms with Gasteiger partial charge in [-0.1, -0.05) is 12.8 Å². The quantitative estimate of drug-likeness (QED) is 0.667. The van der Waals surface area contributed by atoms with Crippen LogP contribution in [0.1, 0.15) is 36.0 Å². The summed E-state index contributed by atoms with van der Waals surface area (Å²) in [5.74, 6) is -1.65. The molecule has 5 heteroatoms. The van der Waals surface area contributed by atoms with Crippen molar-refractivity contribution in [2.45, 2.75) is 31.7 Å². The summed E-state index contributed by atoms with van der Waals surface area (Å²) in [4.78, 5) is 27.0. The number of H-pyrrole nitrogens is 1. The number of carbonyl (C=O) groups is 2. The van der Waals surface area contributed by atoms with Gasteiger partial charge in [0, 0.05) is 23.1 Å². The Morgan fingerprint density at radius 3 is 2.75 bits per heavy atom. The van der Waals surface area contributed by atoms with Crippen molar-refractivity contribution in [2.24, 2.45) is 0 Å². The minimum Gasteiger partial charge on any atom is -0.360 e. The number of hydrogen-bond donors (Lipinski definition) is 2. The fraction of sp³-hybridized carbons (Fsp3) is 0.333. The number of carbonyl (C=O) groups excluding carboxylic acids is 2. The summed E-state index contributed by atoms with van der Waals surface area (Å²) >= 11 is 0. The molecule has 3 rings (SSSR count). The van der Waals surface area contributed by atoms with E-state index in [-0.39, 0.29) is 11.6 Å². The van der Waals surface area contributed by atoms with E-state index in [4.69, 9.17) is 0 Å². The molecular weight excluding hydrogens is 259 g/mol. The highest BCUT2D eigenvalue weighted by Gasteiger charge is 2.24. The molecule has 0 unspecified atom stereocenters. The molecule has 0 spiro atoms. The van der Waals surface area contributed by atoms with Gasteiger partial charge in [0.2, 0.25) is 0 Å². The van der Waals surface area contributed by atoms with Crippen molar-refractivity contribution in [3.63, 3.8) is 0 Å². The van der Waals surface area contributed by atoms with Gasteiger partial charge >= 0.3 is 0 Å². The highest BCUT2D eigenvalue weighted by molar-refractivity contribution is 6.45. The van der Waals surface area contributed by atoms with Crippen LogP contribution in [-0.4, -0.2) is 22.7 Å². The van der Waals surface area contributed by atoms with Gasteiger partial charge in [0.05, 0.1) is 5.56 Å². The Hall–Kier alpha value is -2.17. The molecule has 1 aromatic heterocycles. The van der Waals surface area contributed by atoms with Gasteiger partial charge in [-0.3, -0.25) is 9.59 Å². The summed E-state index contributed by atoms with van der Waals surface area (Å²) < 4.78 is 13.3. The molecule has 1 heterocycles. The van der Waals surface area contributed by atoms with E-state index in [0.29, 0.717) is 10.9 Å². The summed E-state index contributed by atoms with van der Waals surface area (Å²) in [6, 6.07) is 4.22. The van der Waals surface area contributed by atoms with Crippen LogP contribution in [0, 0.1) is 5.82 Å². The Morgan fingerprint density at radius 2 is 2.00 bits per heavy atom. The van der Waals surface area contributed by atoms with Gasteiger partial charge in [-0.05, 0) is 31.0 Å². The normalized spacial score (nSPS) is 15.7. The van der Waals surface area contributed by atoms with E-state index in [0.717, 1.165) is 25.7 Å². The Bertz CT molecular complexity index is 672. The van der Waals surface area contributed by atoms with Crippen LogP contribution in [-0.2, 0) is 4.79 Å². The van der Waals surface area contributed by atoms with Crippen molar-refractivity contribution >= 4 is 22.6 Å². The van der Waals surface area contributed by atoms with Crippen LogP contribution < -0.4 is 5.32 Å². The van der Waals surface area contributed by atoms with E-state index in [1.165, 1.54) is 18.3 Å². The number of amides is 1. The maximum atomic E-state index is 13.3. The van der Waals surface area contributed by atoms with Gasteiger partial charge in [-0.25, -0.2) is 4.39 Å². The standard InChI is InChI=1S/C15H15FN2O2/c16-9-5-6-13-11(7-9)12(8-17-13)14(19)15(20)18-10-3-1-2-4-10/h5-8,10,17H,1-4H2,(H,18,20). The van der Waals surface area contributed by atoms with Crippen molar-refractivity contribution in [2.75, 3.05) is 0 Å². The van der Waals surface area contributed by atoms with Gasteiger partial charge in [0.25, 0.3) is 11.7 Å². The lowest BCUT2D eigenvalue weighted by Gasteiger charge is -2.10. The molecule has 20 heavy (non-hydrogen) atoms. The Labute approximate surface area is 115 Å². The highest BCUT2D eigenvalue weighted by Crippen LogP contribution is 2.21. The van der Waals surface area contributed by atoms with Gasteiger partial charge in [-0.2, -0.15) is 0 Å². The number of ketones is 1. The number of fused-ring (bicyclic) bond motifs is 1. The third-order valence-corrected chi connectivity index (χ3v) is 3.79. The molecule has 0 atom stereocenters. The number of Topliss-reactive ketones (excluding diaryl/α,β-unsaturated/α-hetero) is 1. The molecular formula is C15H15FN2O2. The summed E-state index contributed by atoms with van der Waals surface area (Å²) in [5, 5.41) is 3.19. The van der Waals surface area contributed by atoms with Crippen LogP contribution in [0.2, 0.25) is 0 Å². The largest absolute Gasteiger partial charge is 0.360 e. The summed E-state index contributed by atoms with van der Waals surface area (Å²) in [6.45, 7) is 0. The zero-order valence-corrected chi connectivity index (χ0v) is 10.9. The van der Waals surface area contributed by atoms with Crippen LogP contribution in [0.4, 0.5) is 4.39 Å². The highest BCUT2D eigenvalue weighted by atomic mass is 19.1. The van der Waals surface area contributed by atoms with Gasteiger partial charge in [0.15, 0.2) is 0 Å². The van der Waals surface area contributed by atoms with E-state index in [2.05, 4.69) is 10.3 Å². The smallest absolute Gasteiger partial charge is 0.292 e. The first kappa shape index (κ1) is 12.8. The fourth-order valence-electron chi connectivity index (χ4n) is 2.72. The number of benzene rings is 1. The summed E-state index contributed by atoms with van der Waals surface area (Å²) in [5.41, 5.74) is 0.860. The predicted octanol–water partition coefficient (Wildman–Crippen LogP) is 2.55. The lowest BCUT2D eigenvalue weighted by atomic mass is 10.1. The number of rotatable bonds is 3. The molecule has 0 radical (unpaired) electrons. The summed E-state index contributed by atoms with van der Waals surface area (Å²) in [6.07, 6.45) is 5.46. The van der Waals surface area contributed by atoms with E-state index < -0.39 is 17.5 Å². The fourth-order valence-corrected chi connectivity index (χ4v) is 2.72. The molecule has 0 aliphatic heterocycles. The average Bonchev–Trinajstić information content (AvgIpc) is 3.06. The lowest BCUT2D eigenvalue weighted by molar-refractivity contribution is -0.117. The van der Waals surface area contributed by atoms with E-state index in [1.54, 1.807) is 6.07 Å². The topological polar surface area (TPSA) is 62.0 Å². The van der Waals surface area contributed by atoms with Crippen molar-refractivity contribution in [3.8, 4) is 0 Å². The molecule has 1 aliphatic carbocycles. The van der Waals surface area contributed by atoms with Gasteiger partial charge < -0.3 is 10.3 Å². The molecule has 1 fully saturated rings. The molecule has 104 valence electrons. The monoisotopic (exact) mass is 274 g/mol. The molecule has 1 saturated carbocycles. The second-order valence-corrected chi connectivity index (χ2v) is 5.18. The second kappa shape index (κ2) is 5.07. The van der Waals surface area contributed by atoms with Crippen LogP contribution >= 0.6 is 0 Å². The molecule has 2 aromatic rings. The third-order valence-electron chi connectivity index (χ3n) is 3.79. The van der Waals surface area contributed by atoms with Crippen molar-refractivity contribution in [1.29, 1.82) is 0 Å². The number of aromatic nitrogens is 1. The number of halogens is 1. The minimum atomic E-state index is -0.617.